The number of halogens is 1. The Labute approximate surface area is 108 Å². The smallest absolute Gasteiger partial charge is 0.336 e. The Balaban J connectivity index is 2.51. The minimum atomic E-state index is -4.28. The van der Waals surface area contributed by atoms with E-state index in [9.17, 15) is 22.4 Å². The van der Waals surface area contributed by atoms with E-state index in [1.165, 1.54) is 0 Å². The molecule has 2 amide bonds. The van der Waals surface area contributed by atoms with Crippen LogP contribution in [0.25, 0.3) is 0 Å². The van der Waals surface area contributed by atoms with Crippen LogP contribution in [-0.2, 0) is 19.6 Å². The van der Waals surface area contributed by atoms with E-state index in [0.717, 1.165) is 25.3 Å². The quantitative estimate of drug-likeness (QED) is 0.801. The average molecular weight is 288 g/mol. The second kappa shape index (κ2) is 4.50. The Hall–Kier alpha value is -2.16. The van der Waals surface area contributed by atoms with Gasteiger partial charge in [-0.2, -0.15) is 0 Å². The average Bonchev–Trinajstić information content (AvgIpc) is 2.35. The molecule has 1 aromatic carbocycles. The van der Waals surface area contributed by atoms with Gasteiger partial charge in [0.15, 0.2) is 0 Å². The number of nitrogens with one attached hydrogen (secondary N) is 1. The van der Waals surface area contributed by atoms with Gasteiger partial charge in [0.2, 0.25) is 0 Å². The van der Waals surface area contributed by atoms with Gasteiger partial charge < -0.3 is 10.1 Å². The second-order valence-corrected chi connectivity index (χ2v) is 5.49. The number of benzene rings is 1. The van der Waals surface area contributed by atoms with Crippen molar-refractivity contribution < 1.29 is 27.1 Å². The standard InChI is InChI=1S/C10H9FN2O5S/c1-18-9(14)5-13-10(15)12-7-3-2-6(11)4-8(7)19(13,16)17/h2-4H,5H2,1H3,(H,12,15). The molecule has 1 aliphatic rings. The summed E-state index contributed by atoms with van der Waals surface area (Å²) < 4.78 is 41.9. The molecule has 0 fully saturated rings. The predicted octanol–water partition coefficient (Wildman–Crippen LogP) is 0.535. The first-order valence-electron chi connectivity index (χ1n) is 5.06. The van der Waals surface area contributed by atoms with E-state index >= 15 is 0 Å². The van der Waals surface area contributed by atoms with Crippen LogP contribution in [0.4, 0.5) is 14.9 Å². The third kappa shape index (κ3) is 2.24. The summed E-state index contributed by atoms with van der Waals surface area (Å²) in [6.07, 6.45) is 0. The van der Waals surface area contributed by atoms with Crippen molar-refractivity contribution in [3.05, 3.63) is 24.0 Å². The number of hydrogen-bond acceptors (Lipinski definition) is 5. The lowest BCUT2D eigenvalue weighted by molar-refractivity contribution is -0.140. The van der Waals surface area contributed by atoms with Crippen LogP contribution in [0.2, 0.25) is 0 Å². The number of nitrogens with zero attached hydrogens (tertiary/aromatic N) is 1. The Kier molecular flexibility index (Phi) is 3.14. The molecular weight excluding hydrogens is 279 g/mol. The number of hydrogen-bond donors (Lipinski definition) is 1. The van der Waals surface area contributed by atoms with Gasteiger partial charge in [0.1, 0.15) is 17.3 Å². The van der Waals surface area contributed by atoms with Gasteiger partial charge in [-0.15, -0.1) is 0 Å². The number of urea groups is 1. The van der Waals surface area contributed by atoms with Crippen molar-refractivity contribution in [2.45, 2.75) is 4.90 Å². The monoisotopic (exact) mass is 288 g/mol. The summed E-state index contributed by atoms with van der Waals surface area (Å²) in [6.45, 7) is -0.777. The second-order valence-electron chi connectivity index (χ2n) is 3.66. The molecule has 0 bridgehead atoms. The van der Waals surface area contributed by atoms with Crippen LogP contribution in [0.1, 0.15) is 0 Å². The van der Waals surface area contributed by atoms with E-state index < -0.39 is 39.3 Å². The Morgan fingerprint density at radius 1 is 1.47 bits per heavy atom. The molecule has 0 aromatic heterocycles. The Bertz CT molecular complexity index is 658. The molecule has 7 nitrogen and oxygen atoms in total. The number of sulfonamides is 1. The molecule has 9 heteroatoms. The molecule has 0 spiro atoms. The number of fused-ring (bicyclic) bond motifs is 1. The molecule has 102 valence electrons. The van der Waals surface area contributed by atoms with Crippen LogP contribution in [0.15, 0.2) is 23.1 Å². The van der Waals surface area contributed by atoms with Crippen LogP contribution in [0.3, 0.4) is 0 Å². The third-order valence-corrected chi connectivity index (χ3v) is 4.25. The molecule has 0 unspecified atom stereocenters. The Morgan fingerprint density at radius 3 is 2.79 bits per heavy atom. The lowest BCUT2D eigenvalue weighted by Gasteiger charge is -2.27. The van der Waals surface area contributed by atoms with Gasteiger partial charge in [0.25, 0.3) is 10.0 Å². The summed E-state index contributed by atoms with van der Waals surface area (Å²) in [5.74, 6) is -1.67. The van der Waals surface area contributed by atoms with Crippen molar-refractivity contribution in [3.63, 3.8) is 0 Å². The summed E-state index contributed by atoms with van der Waals surface area (Å²) in [5, 5.41) is 2.26. The summed E-state index contributed by atoms with van der Waals surface area (Å²) in [4.78, 5) is 22.3. The zero-order chi connectivity index (χ0) is 14.2. The molecule has 1 aliphatic heterocycles. The fourth-order valence-electron chi connectivity index (χ4n) is 1.56. The first-order chi connectivity index (χ1) is 8.86. The minimum absolute atomic E-state index is 0.0347. The van der Waals surface area contributed by atoms with Gasteiger partial charge in [0.05, 0.1) is 12.8 Å². The molecule has 1 heterocycles. The van der Waals surface area contributed by atoms with E-state index in [0.29, 0.717) is 4.31 Å². The fourth-order valence-corrected chi connectivity index (χ4v) is 2.99. The number of rotatable bonds is 2. The molecule has 1 aromatic rings. The first-order valence-corrected chi connectivity index (χ1v) is 6.50. The first kappa shape index (κ1) is 13.3. The largest absolute Gasteiger partial charge is 0.468 e. The van der Waals surface area contributed by atoms with Crippen LogP contribution in [-0.4, -0.2) is 38.4 Å². The number of anilines is 1. The molecule has 0 saturated carbocycles. The fraction of sp³-hybridized carbons (Fsp3) is 0.200. The number of carbonyl (C=O) groups excluding carboxylic acids is 2. The summed E-state index contributed by atoms with van der Waals surface area (Å²) in [5.41, 5.74) is -0.0347. The van der Waals surface area contributed by atoms with E-state index in [1.807, 2.05) is 0 Å². The lowest BCUT2D eigenvalue weighted by atomic mass is 10.3. The maximum Gasteiger partial charge on any atom is 0.336 e. The van der Waals surface area contributed by atoms with Crippen LogP contribution < -0.4 is 5.32 Å². The summed E-state index contributed by atoms with van der Waals surface area (Å²) >= 11 is 0. The minimum Gasteiger partial charge on any atom is -0.468 e. The van der Waals surface area contributed by atoms with Crippen molar-refractivity contribution in [2.75, 3.05) is 19.0 Å². The zero-order valence-electron chi connectivity index (χ0n) is 9.71. The highest BCUT2D eigenvalue weighted by Gasteiger charge is 2.38. The predicted molar refractivity (Wildman–Crippen MR) is 61.3 cm³/mol. The molecule has 2 rings (SSSR count). The number of ether oxygens (including phenoxy) is 1. The van der Waals surface area contributed by atoms with Gasteiger partial charge in [0, 0.05) is 0 Å². The highest BCUT2D eigenvalue weighted by Crippen LogP contribution is 2.30. The number of methoxy groups -OCH3 is 1. The SMILES string of the molecule is COC(=O)CN1C(=O)Nc2ccc(F)cc2S1(=O)=O. The van der Waals surface area contributed by atoms with Crippen molar-refractivity contribution in [1.29, 1.82) is 0 Å². The van der Waals surface area contributed by atoms with Crippen LogP contribution in [0, 0.1) is 5.82 Å². The van der Waals surface area contributed by atoms with E-state index in [2.05, 4.69) is 10.1 Å². The third-order valence-electron chi connectivity index (χ3n) is 2.48. The van der Waals surface area contributed by atoms with E-state index in [-0.39, 0.29) is 5.69 Å². The van der Waals surface area contributed by atoms with Crippen molar-refractivity contribution >= 4 is 27.7 Å². The number of carbonyl (C=O) groups is 2. The van der Waals surface area contributed by atoms with Gasteiger partial charge in [-0.3, -0.25) is 4.79 Å². The molecule has 0 atom stereocenters. The van der Waals surface area contributed by atoms with Crippen LogP contribution in [0.5, 0.6) is 0 Å². The molecule has 0 aliphatic carbocycles. The molecule has 1 N–H and O–H groups in total. The molecule has 0 saturated heterocycles. The van der Waals surface area contributed by atoms with Crippen molar-refractivity contribution in [1.82, 2.24) is 4.31 Å². The molecular formula is C10H9FN2O5S. The lowest BCUT2D eigenvalue weighted by Crippen LogP contribution is -2.46. The van der Waals surface area contributed by atoms with Crippen molar-refractivity contribution in [2.24, 2.45) is 0 Å². The van der Waals surface area contributed by atoms with Crippen molar-refractivity contribution in [3.8, 4) is 0 Å². The van der Waals surface area contributed by atoms with E-state index in [4.69, 9.17) is 0 Å². The van der Waals surface area contributed by atoms with Gasteiger partial charge >= 0.3 is 12.0 Å². The summed E-state index contributed by atoms with van der Waals surface area (Å²) in [6, 6.07) is 1.93. The van der Waals surface area contributed by atoms with Gasteiger partial charge in [-0.25, -0.2) is 21.9 Å². The molecule has 19 heavy (non-hydrogen) atoms. The maximum atomic E-state index is 13.1. The number of amides is 2. The van der Waals surface area contributed by atoms with Gasteiger partial charge in [-0.05, 0) is 18.2 Å². The normalized spacial score (nSPS) is 16.5. The Morgan fingerprint density at radius 2 is 2.16 bits per heavy atom. The highest BCUT2D eigenvalue weighted by atomic mass is 32.2. The maximum absolute atomic E-state index is 13.1. The van der Waals surface area contributed by atoms with Gasteiger partial charge in [-0.1, -0.05) is 0 Å². The summed E-state index contributed by atoms with van der Waals surface area (Å²) in [7, 11) is -3.22. The van der Waals surface area contributed by atoms with Crippen LogP contribution >= 0.6 is 0 Å². The topological polar surface area (TPSA) is 92.8 Å². The van der Waals surface area contributed by atoms with E-state index in [1.54, 1.807) is 0 Å². The number of esters is 1. The zero-order valence-corrected chi connectivity index (χ0v) is 10.5. The highest BCUT2D eigenvalue weighted by molar-refractivity contribution is 7.90. The molecule has 0 radical (unpaired) electrons.